The molecule has 0 aliphatic heterocycles. The summed E-state index contributed by atoms with van der Waals surface area (Å²) in [6, 6.07) is 15.6. The minimum atomic E-state index is -3.93. The maximum Gasteiger partial charge on any atom is 0.264 e. The third kappa shape index (κ3) is 4.88. The Balaban J connectivity index is 1.82. The summed E-state index contributed by atoms with van der Waals surface area (Å²) in [4.78, 5) is 14.1. The van der Waals surface area contributed by atoms with Gasteiger partial charge >= 0.3 is 0 Å². The number of carbonyl (C=O) groups excluding carboxylic acids is 1. The van der Waals surface area contributed by atoms with Gasteiger partial charge in [-0.2, -0.15) is 0 Å². The summed E-state index contributed by atoms with van der Waals surface area (Å²) in [6.07, 6.45) is 0. The lowest BCUT2D eigenvalue weighted by molar-refractivity contribution is 0.0784. The number of hydrogen-bond acceptors (Lipinski definition) is 4. The molecule has 0 atom stereocenters. The van der Waals surface area contributed by atoms with Crippen LogP contribution in [0.5, 0.6) is 5.75 Å². The Morgan fingerprint density at radius 3 is 2.25 bits per heavy atom. The molecule has 1 amide bonds. The van der Waals surface area contributed by atoms with Crippen LogP contribution in [-0.4, -0.2) is 40.4 Å². The standard InChI is InChI=1S/C23H22F2N2O4S/c1-26(15-16-7-12-21(24)22(25)13-16)23(28)17-5-4-6-20(14-17)32(29,30)27(2)18-8-10-19(31-3)11-9-18/h4-14H,15H2,1-3H3. The quantitative estimate of drug-likeness (QED) is 0.533. The maximum atomic E-state index is 13.4. The van der Waals surface area contributed by atoms with Crippen molar-refractivity contribution in [3.63, 3.8) is 0 Å². The minimum Gasteiger partial charge on any atom is -0.497 e. The number of amides is 1. The van der Waals surface area contributed by atoms with Crippen molar-refractivity contribution in [2.45, 2.75) is 11.4 Å². The number of ether oxygens (including phenoxy) is 1. The zero-order chi connectivity index (χ0) is 23.5. The molecule has 32 heavy (non-hydrogen) atoms. The summed E-state index contributed by atoms with van der Waals surface area (Å²) in [7, 11) is 0.495. The van der Waals surface area contributed by atoms with E-state index in [1.807, 2.05) is 0 Å². The van der Waals surface area contributed by atoms with Gasteiger partial charge in [-0.25, -0.2) is 17.2 Å². The van der Waals surface area contributed by atoms with Crippen LogP contribution in [0.1, 0.15) is 15.9 Å². The molecule has 0 aromatic heterocycles. The summed E-state index contributed by atoms with van der Waals surface area (Å²) in [5.41, 5.74) is 0.986. The van der Waals surface area contributed by atoms with Crippen LogP contribution in [0.25, 0.3) is 0 Å². The molecule has 0 saturated heterocycles. The van der Waals surface area contributed by atoms with Gasteiger partial charge in [-0.15, -0.1) is 0 Å². The van der Waals surface area contributed by atoms with Crippen molar-refractivity contribution in [1.82, 2.24) is 4.90 Å². The second-order valence-electron chi connectivity index (χ2n) is 7.11. The summed E-state index contributed by atoms with van der Waals surface area (Å²) < 4.78 is 58.9. The van der Waals surface area contributed by atoms with Crippen LogP contribution in [0, 0.1) is 11.6 Å². The van der Waals surface area contributed by atoms with Gasteiger partial charge in [0.05, 0.1) is 17.7 Å². The normalized spacial score (nSPS) is 11.2. The van der Waals surface area contributed by atoms with E-state index >= 15 is 0 Å². The number of methoxy groups -OCH3 is 1. The van der Waals surface area contributed by atoms with Crippen LogP contribution < -0.4 is 9.04 Å². The molecule has 0 aliphatic carbocycles. The molecule has 0 spiro atoms. The molecule has 0 heterocycles. The maximum absolute atomic E-state index is 13.4. The highest BCUT2D eigenvalue weighted by atomic mass is 32.2. The molecule has 0 saturated carbocycles. The Bertz CT molecular complexity index is 1230. The van der Waals surface area contributed by atoms with Crippen molar-refractivity contribution in [1.29, 1.82) is 0 Å². The molecule has 0 aliphatic rings. The van der Waals surface area contributed by atoms with Crippen molar-refractivity contribution < 1.29 is 26.7 Å². The monoisotopic (exact) mass is 460 g/mol. The fraction of sp³-hybridized carbons (Fsp3) is 0.174. The first-order valence-electron chi connectivity index (χ1n) is 9.56. The molecular weight excluding hydrogens is 438 g/mol. The van der Waals surface area contributed by atoms with Gasteiger partial charge in [0.25, 0.3) is 15.9 Å². The van der Waals surface area contributed by atoms with Crippen molar-refractivity contribution in [2.24, 2.45) is 0 Å². The van der Waals surface area contributed by atoms with Gasteiger partial charge in [0, 0.05) is 26.2 Å². The number of sulfonamides is 1. The highest BCUT2D eigenvalue weighted by Crippen LogP contribution is 2.25. The lowest BCUT2D eigenvalue weighted by atomic mass is 10.1. The third-order valence-corrected chi connectivity index (χ3v) is 6.71. The molecule has 0 N–H and O–H groups in total. The summed E-state index contributed by atoms with van der Waals surface area (Å²) in [5, 5.41) is 0. The molecule has 0 radical (unpaired) electrons. The number of hydrogen-bond donors (Lipinski definition) is 0. The van der Waals surface area contributed by atoms with Crippen LogP contribution in [0.4, 0.5) is 14.5 Å². The average molecular weight is 461 g/mol. The Morgan fingerprint density at radius 2 is 1.62 bits per heavy atom. The van der Waals surface area contributed by atoms with E-state index in [1.54, 1.807) is 24.3 Å². The molecular formula is C23H22F2N2O4S. The van der Waals surface area contributed by atoms with Crippen LogP contribution in [0.2, 0.25) is 0 Å². The Hall–Kier alpha value is -3.46. The van der Waals surface area contributed by atoms with Gasteiger partial charge in [0.1, 0.15) is 5.75 Å². The predicted molar refractivity (Wildman–Crippen MR) is 117 cm³/mol. The van der Waals surface area contributed by atoms with Gasteiger partial charge < -0.3 is 9.64 Å². The topological polar surface area (TPSA) is 66.9 Å². The largest absolute Gasteiger partial charge is 0.497 e. The van der Waals surface area contributed by atoms with E-state index in [2.05, 4.69) is 0 Å². The van der Waals surface area contributed by atoms with E-state index in [4.69, 9.17) is 4.74 Å². The van der Waals surface area contributed by atoms with Gasteiger partial charge in [-0.05, 0) is 60.2 Å². The van der Waals surface area contributed by atoms with Crippen LogP contribution >= 0.6 is 0 Å². The van der Waals surface area contributed by atoms with E-state index in [0.29, 0.717) is 17.0 Å². The number of anilines is 1. The zero-order valence-corrected chi connectivity index (χ0v) is 18.6. The smallest absolute Gasteiger partial charge is 0.264 e. The predicted octanol–water partition coefficient (Wildman–Crippen LogP) is 4.07. The van der Waals surface area contributed by atoms with E-state index < -0.39 is 27.6 Å². The van der Waals surface area contributed by atoms with Gasteiger partial charge in [0.15, 0.2) is 11.6 Å². The SMILES string of the molecule is COc1ccc(N(C)S(=O)(=O)c2cccc(C(=O)N(C)Cc3ccc(F)c(F)c3)c2)cc1. The van der Waals surface area contributed by atoms with Crippen LogP contribution in [-0.2, 0) is 16.6 Å². The molecule has 0 bridgehead atoms. The highest BCUT2D eigenvalue weighted by molar-refractivity contribution is 7.92. The summed E-state index contributed by atoms with van der Waals surface area (Å²) in [5.74, 6) is -1.84. The van der Waals surface area contributed by atoms with Crippen LogP contribution in [0.3, 0.4) is 0 Å². The van der Waals surface area contributed by atoms with Gasteiger partial charge in [-0.3, -0.25) is 9.10 Å². The molecule has 3 aromatic rings. The molecule has 3 rings (SSSR count). The average Bonchev–Trinajstić information content (AvgIpc) is 2.80. The van der Waals surface area contributed by atoms with E-state index in [9.17, 15) is 22.0 Å². The Kier molecular flexibility index (Phi) is 6.78. The van der Waals surface area contributed by atoms with Crippen molar-refractivity contribution in [3.8, 4) is 5.75 Å². The van der Waals surface area contributed by atoms with E-state index in [-0.39, 0.29) is 17.0 Å². The van der Waals surface area contributed by atoms with Crippen LogP contribution in [0.15, 0.2) is 71.6 Å². The summed E-state index contributed by atoms with van der Waals surface area (Å²) in [6.45, 7) is 0.0265. The second kappa shape index (κ2) is 9.35. The van der Waals surface area contributed by atoms with Crippen molar-refractivity contribution in [3.05, 3.63) is 89.5 Å². The number of rotatable bonds is 7. The fourth-order valence-electron chi connectivity index (χ4n) is 3.08. The fourth-order valence-corrected chi connectivity index (χ4v) is 4.32. The lowest BCUT2D eigenvalue weighted by Crippen LogP contribution is -2.28. The number of nitrogens with zero attached hydrogens (tertiary/aromatic N) is 2. The number of halogens is 2. The molecule has 3 aromatic carbocycles. The first-order valence-corrected chi connectivity index (χ1v) is 11.0. The Labute approximate surface area is 185 Å². The lowest BCUT2D eigenvalue weighted by Gasteiger charge is -2.21. The third-order valence-electron chi connectivity index (χ3n) is 4.93. The summed E-state index contributed by atoms with van der Waals surface area (Å²) >= 11 is 0. The highest BCUT2D eigenvalue weighted by Gasteiger charge is 2.23. The first kappa shape index (κ1) is 23.2. The van der Waals surface area contributed by atoms with Gasteiger partial charge in [0.2, 0.25) is 0 Å². The molecule has 168 valence electrons. The molecule has 0 unspecified atom stereocenters. The molecule has 0 fully saturated rings. The van der Waals surface area contributed by atoms with Crippen molar-refractivity contribution >= 4 is 21.6 Å². The number of benzene rings is 3. The zero-order valence-electron chi connectivity index (χ0n) is 17.7. The first-order chi connectivity index (χ1) is 15.1. The van der Waals surface area contributed by atoms with E-state index in [1.165, 1.54) is 56.4 Å². The molecule has 6 nitrogen and oxygen atoms in total. The minimum absolute atomic E-state index is 0.0265. The second-order valence-corrected chi connectivity index (χ2v) is 9.08. The van der Waals surface area contributed by atoms with Crippen molar-refractivity contribution in [2.75, 3.05) is 25.5 Å². The van der Waals surface area contributed by atoms with Gasteiger partial charge in [-0.1, -0.05) is 12.1 Å². The Morgan fingerprint density at radius 1 is 0.938 bits per heavy atom. The van der Waals surface area contributed by atoms with E-state index in [0.717, 1.165) is 16.4 Å². The number of carbonyl (C=O) groups is 1. The molecule has 9 heteroatoms.